The Balaban J connectivity index is 2.31. The number of nitrogens with zero attached hydrogens (tertiary/aromatic N) is 1. The molecule has 1 aliphatic heterocycles. The van der Waals surface area contributed by atoms with Crippen molar-refractivity contribution in [3.8, 4) is 59.3 Å². The van der Waals surface area contributed by atoms with Crippen molar-refractivity contribution in [2.75, 3.05) is 13.1 Å². The van der Waals surface area contributed by atoms with Gasteiger partial charge in [0.25, 0.3) is 0 Å². The van der Waals surface area contributed by atoms with Gasteiger partial charge in [-0.2, -0.15) is 6.08 Å². The third-order valence-electron chi connectivity index (χ3n) is 2.49. The second-order valence-corrected chi connectivity index (χ2v) is 4.27. The van der Waals surface area contributed by atoms with Gasteiger partial charge in [-0.25, -0.2) is 5.92 Å². The van der Waals surface area contributed by atoms with Crippen molar-refractivity contribution in [2.45, 2.75) is 26.2 Å². The van der Waals surface area contributed by atoms with E-state index >= 15 is 0 Å². The zero-order valence-corrected chi connectivity index (χ0v) is 12.5. The summed E-state index contributed by atoms with van der Waals surface area (Å²) >= 11 is 0. The Bertz CT molecular complexity index is 713. The van der Waals surface area contributed by atoms with Crippen LogP contribution < -0.4 is 5.32 Å². The van der Waals surface area contributed by atoms with Gasteiger partial charge in [-0.1, -0.05) is 6.20 Å². The van der Waals surface area contributed by atoms with Crippen LogP contribution in [0.3, 0.4) is 0 Å². The number of carbonyl (C=O) groups is 1. The molecule has 3 heteroatoms. The van der Waals surface area contributed by atoms with Gasteiger partial charge in [0.1, 0.15) is 0 Å². The highest BCUT2D eigenvalue weighted by Crippen LogP contribution is 2.06. The molecule has 0 bridgehead atoms. The highest BCUT2D eigenvalue weighted by Gasteiger charge is 2.04. The lowest BCUT2D eigenvalue weighted by molar-refractivity contribution is -0.118. The molecular formula is C19H15N2O-. The number of hydrogen-bond donors (Lipinski definition) is 1. The smallest absolute Gasteiger partial charge is 0.219 e. The number of piperidine rings is 1. The Hall–Kier alpha value is -3.19. The molecule has 0 aliphatic carbocycles. The minimum Gasteiger partial charge on any atom is -0.350 e. The van der Waals surface area contributed by atoms with Gasteiger partial charge >= 0.3 is 0 Å². The summed E-state index contributed by atoms with van der Waals surface area (Å²) in [5.41, 5.74) is 0. The second kappa shape index (κ2) is 11.6. The van der Waals surface area contributed by atoms with Gasteiger partial charge in [-0.3, -0.25) is 10.7 Å². The van der Waals surface area contributed by atoms with Crippen LogP contribution >= 0.6 is 0 Å². The molecule has 0 unspecified atom stereocenters. The lowest BCUT2D eigenvalue weighted by atomic mass is 10.1. The van der Waals surface area contributed by atoms with Crippen LogP contribution in [0.5, 0.6) is 0 Å². The van der Waals surface area contributed by atoms with E-state index in [1.165, 1.54) is 32.4 Å². The fourth-order valence-electron chi connectivity index (χ4n) is 1.54. The van der Waals surface area contributed by atoms with E-state index < -0.39 is 0 Å². The van der Waals surface area contributed by atoms with Gasteiger partial charge < -0.3 is 10.2 Å². The number of hydrogen-bond acceptors (Lipinski definition) is 2. The van der Waals surface area contributed by atoms with Gasteiger partial charge in [0.15, 0.2) is 0 Å². The lowest BCUT2D eigenvalue weighted by Crippen LogP contribution is -2.24. The standard InChI is InChI=1S/C19H15N2O/c1-19(22)20-15-11-8-6-4-2-3-5-7-9-12-16-21-17-13-10-14-18-21/h15H,10,13-14,17-18H2,1H3,(H,20,22)/q-1. The third-order valence-corrected chi connectivity index (χ3v) is 2.49. The van der Waals surface area contributed by atoms with Crippen LogP contribution in [0.1, 0.15) is 26.2 Å². The van der Waals surface area contributed by atoms with E-state index in [1.807, 2.05) is 0 Å². The summed E-state index contributed by atoms with van der Waals surface area (Å²) in [6.45, 7) is 3.45. The number of rotatable bonds is 1. The van der Waals surface area contributed by atoms with Gasteiger partial charge in [-0.15, -0.1) is 5.92 Å². The van der Waals surface area contributed by atoms with Crippen LogP contribution in [0.25, 0.3) is 0 Å². The fourth-order valence-corrected chi connectivity index (χ4v) is 1.54. The van der Waals surface area contributed by atoms with Crippen molar-refractivity contribution in [2.24, 2.45) is 0 Å². The minimum atomic E-state index is -0.173. The van der Waals surface area contributed by atoms with Crippen LogP contribution in [-0.4, -0.2) is 23.9 Å². The number of amides is 1. The molecule has 108 valence electrons. The maximum atomic E-state index is 10.5. The first kappa shape index (κ1) is 16.9. The molecule has 0 spiro atoms. The number of nitrogens with one attached hydrogen (secondary N) is 1. The molecule has 0 aromatic carbocycles. The predicted molar refractivity (Wildman–Crippen MR) is 85.9 cm³/mol. The molecule has 0 aromatic rings. The lowest BCUT2D eigenvalue weighted by Gasteiger charge is -2.21. The molecule has 3 nitrogen and oxygen atoms in total. The number of carbonyl (C=O) groups excluding carboxylic acids is 1. The predicted octanol–water partition coefficient (Wildman–Crippen LogP) is 0.900. The van der Waals surface area contributed by atoms with Gasteiger partial charge in [0.05, 0.1) is 0 Å². The number of allylic oxidation sites excluding steroid dienone is 1. The van der Waals surface area contributed by atoms with Crippen LogP contribution in [0.2, 0.25) is 0 Å². The van der Waals surface area contributed by atoms with Gasteiger partial charge in [0, 0.05) is 43.8 Å². The third kappa shape index (κ3) is 9.70. The molecule has 0 atom stereocenters. The average molecular weight is 287 g/mol. The normalized spacial score (nSPS) is 11.8. The van der Waals surface area contributed by atoms with Gasteiger partial charge in [-0.05, 0) is 37.0 Å². The minimum absolute atomic E-state index is 0.173. The highest BCUT2D eigenvalue weighted by molar-refractivity contribution is 5.73. The monoisotopic (exact) mass is 287 g/mol. The first-order chi connectivity index (χ1) is 10.8. The van der Waals surface area contributed by atoms with Crippen molar-refractivity contribution >= 4 is 5.91 Å². The van der Waals surface area contributed by atoms with Crippen molar-refractivity contribution in [3.05, 3.63) is 12.3 Å². The van der Waals surface area contributed by atoms with E-state index in [1.54, 1.807) is 0 Å². The molecule has 0 radical (unpaired) electrons. The summed E-state index contributed by atoms with van der Waals surface area (Å²) in [6.07, 6.45) is 7.57. The summed E-state index contributed by atoms with van der Waals surface area (Å²) in [5, 5.41) is 2.41. The highest BCUT2D eigenvalue weighted by atomic mass is 16.1. The Morgan fingerprint density at radius 1 is 0.955 bits per heavy atom. The Morgan fingerprint density at radius 3 is 2.18 bits per heavy atom. The second-order valence-electron chi connectivity index (χ2n) is 4.27. The molecule has 1 N–H and O–H groups in total. The fraction of sp³-hybridized carbons (Fsp3) is 0.316. The Kier molecular flexibility index (Phi) is 8.91. The van der Waals surface area contributed by atoms with Crippen LogP contribution in [-0.2, 0) is 4.79 Å². The Morgan fingerprint density at radius 2 is 1.55 bits per heavy atom. The molecule has 1 amide bonds. The van der Waals surface area contributed by atoms with Crippen molar-refractivity contribution in [1.82, 2.24) is 10.2 Å². The van der Waals surface area contributed by atoms with E-state index in [2.05, 4.69) is 75.6 Å². The summed E-state index contributed by atoms with van der Waals surface area (Å²) in [7, 11) is 0. The Labute approximate surface area is 132 Å². The molecule has 1 heterocycles. The molecule has 0 aromatic heterocycles. The van der Waals surface area contributed by atoms with Crippen molar-refractivity contribution in [1.29, 1.82) is 0 Å². The zero-order valence-electron chi connectivity index (χ0n) is 12.5. The molecule has 1 rings (SSSR count). The van der Waals surface area contributed by atoms with E-state index in [4.69, 9.17) is 0 Å². The first-order valence-corrected chi connectivity index (χ1v) is 6.89. The maximum Gasteiger partial charge on any atom is 0.219 e. The molecule has 1 aliphatic rings. The summed E-state index contributed by atoms with van der Waals surface area (Å²) in [6, 6.07) is 3.00. The maximum absolute atomic E-state index is 10.5. The van der Waals surface area contributed by atoms with Crippen LogP contribution in [0, 0.1) is 65.4 Å². The molecule has 1 saturated heterocycles. The molecule has 1 fully saturated rings. The zero-order chi connectivity index (χ0) is 15.9. The topological polar surface area (TPSA) is 32.3 Å². The van der Waals surface area contributed by atoms with E-state index in [0.29, 0.717) is 0 Å². The quantitative estimate of drug-likeness (QED) is 0.574. The van der Waals surface area contributed by atoms with Gasteiger partial charge in [0.2, 0.25) is 5.91 Å². The number of likely N-dealkylation sites (tertiary alicyclic amines) is 1. The average Bonchev–Trinajstić information content (AvgIpc) is 2.52. The van der Waals surface area contributed by atoms with Crippen LogP contribution in [0.4, 0.5) is 0 Å². The van der Waals surface area contributed by atoms with E-state index in [-0.39, 0.29) is 5.91 Å². The SMILES string of the molecule is CC(=O)NC=[C-]C#CC#CC#CC#CC#CN1CCCCC1. The summed E-state index contributed by atoms with van der Waals surface area (Å²) in [5.74, 6) is 23.1. The van der Waals surface area contributed by atoms with Crippen molar-refractivity contribution < 1.29 is 4.79 Å². The van der Waals surface area contributed by atoms with Crippen molar-refractivity contribution in [3.63, 3.8) is 0 Å². The largest absolute Gasteiger partial charge is 0.350 e. The van der Waals surface area contributed by atoms with Crippen LogP contribution in [0.15, 0.2) is 6.20 Å². The molecular weight excluding hydrogens is 272 g/mol. The van der Waals surface area contributed by atoms with E-state index in [9.17, 15) is 4.79 Å². The van der Waals surface area contributed by atoms with E-state index in [0.717, 1.165) is 13.1 Å². The summed E-state index contributed by atoms with van der Waals surface area (Å²) in [4.78, 5) is 12.6. The first-order valence-electron chi connectivity index (χ1n) is 6.89. The molecule has 0 saturated carbocycles. The molecule has 22 heavy (non-hydrogen) atoms. The summed E-state index contributed by atoms with van der Waals surface area (Å²) < 4.78 is 0.